The highest BCUT2D eigenvalue weighted by Gasteiger charge is 2.35. The first-order valence-corrected chi connectivity index (χ1v) is 16.9. The summed E-state index contributed by atoms with van der Waals surface area (Å²) in [5, 5.41) is 3.39. The molecule has 0 aliphatic carbocycles. The Morgan fingerprint density at radius 1 is 0.844 bits per heavy atom. The minimum Gasteiger partial charge on any atom is -0.352 e. The molecule has 10 heteroatoms. The molecule has 1 N–H and O–H groups in total. The quantitative estimate of drug-likeness (QED) is 0.166. The lowest BCUT2D eigenvalue weighted by Crippen LogP contribution is -2.54. The van der Waals surface area contributed by atoms with E-state index in [2.05, 4.69) is 5.32 Å². The van der Waals surface area contributed by atoms with Crippen LogP contribution in [0.2, 0.25) is 10.0 Å². The largest absolute Gasteiger partial charge is 0.352 e. The average Bonchev–Trinajstić information content (AvgIpc) is 3.03. The van der Waals surface area contributed by atoms with Gasteiger partial charge in [-0.1, -0.05) is 108 Å². The van der Waals surface area contributed by atoms with Crippen molar-refractivity contribution in [2.45, 2.75) is 57.1 Å². The molecular weight excluding hydrogens is 629 g/mol. The van der Waals surface area contributed by atoms with Crippen LogP contribution in [0.3, 0.4) is 0 Å². The lowest BCUT2D eigenvalue weighted by molar-refractivity contribution is -0.140. The normalized spacial score (nSPS) is 12.6. The van der Waals surface area contributed by atoms with Crippen LogP contribution < -0.4 is 9.62 Å². The number of hydrogen-bond donors (Lipinski definition) is 1. The zero-order valence-electron chi connectivity index (χ0n) is 25.5. The van der Waals surface area contributed by atoms with E-state index < -0.39 is 28.5 Å². The van der Waals surface area contributed by atoms with Gasteiger partial charge in [0.2, 0.25) is 11.8 Å². The molecule has 2 amide bonds. The molecule has 0 aliphatic heterocycles. The predicted octanol–water partition coefficient (Wildman–Crippen LogP) is 7.05. The molecule has 4 aromatic carbocycles. The van der Waals surface area contributed by atoms with Crippen LogP contribution in [-0.2, 0) is 32.6 Å². The number of sulfonamides is 1. The van der Waals surface area contributed by atoms with Gasteiger partial charge < -0.3 is 10.2 Å². The summed E-state index contributed by atoms with van der Waals surface area (Å²) in [7, 11) is -4.30. The Kier molecular flexibility index (Phi) is 11.7. The minimum atomic E-state index is -4.30. The summed E-state index contributed by atoms with van der Waals surface area (Å²) >= 11 is 12.8. The van der Waals surface area contributed by atoms with Gasteiger partial charge in [0.15, 0.2) is 0 Å². The second-order valence-corrected chi connectivity index (χ2v) is 13.7. The Bertz CT molecular complexity index is 1700. The Morgan fingerprint density at radius 2 is 1.44 bits per heavy atom. The SMILES string of the molecule is CC[C@@H](C)NC(=O)[C@H](Cc1ccccc1)N(Cc1ccccc1)C(=O)CN(c1cc(Cl)ccc1Cl)S(=O)(=O)c1ccc(C)cc1. The molecule has 0 fully saturated rings. The zero-order valence-corrected chi connectivity index (χ0v) is 27.8. The highest BCUT2D eigenvalue weighted by Crippen LogP contribution is 2.33. The van der Waals surface area contributed by atoms with E-state index in [1.54, 1.807) is 18.2 Å². The van der Waals surface area contributed by atoms with Crippen LogP contribution in [0.15, 0.2) is 108 Å². The second kappa shape index (κ2) is 15.4. The molecule has 45 heavy (non-hydrogen) atoms. The van der Waals surface area contributed by atoms with E-state index in [1.807, 2.05) is 81.4 Å². The molecule has 0 heterocycles. The van der Waals surface area contributed by atoms with Crippen LogP contribution >= 0.6 is 23.2 Å². The topological polar surface area (TPSA) is 86.8 Å². The third-order valence-corrected chi connectivity index (χ3v) is 9.86. The number of amides is 2. The van der Waals surface area contributed by atoms with Crippen molar-refractivity contribution < 1.29 is 18.0 Å². The third kappa shape index (κ3) is 8.87. The molecule has 0 radical (unpaired) electrons. The molecule has 236 valence electrons. The first kappa shape index (κ1) is 34.0. The van der Waals surface area contributed by atoms with Crippen molar-refractivity contribution in [2.24, 2.45) is 0 Å². The van der Waals surface area contributed by atoms with Crippen LogP contribution in [0.25, 0.3) is 0 Å². The van der Waals surface area contributed by atoms with Gasteiger partial charge >= 0.3 is 0 Å². The molecule has 0 aromatic heterocycles. The number of benzene rings is 4. The maximum atomic E-state index is 14.5. The fourth-order valence-electron chi connectivity index (χ4n) is 4.80. The molecule has 0 spiro atoms. The Labute approximate surface area is 275 Å². The fraction of sp³-hybridized carbons (Fsp3) is 0.257. The number of aryl methyl sites for hydroxylation is 1. The van der Waals surface area contributed by atoms with E-state index in [4.69, 9.17) is 23.2 Å². The predicted molar refractivity (Wildman–Crippen MR) is 181 cm³/mol. The highest BCUT2D eigenvalue weighted by atomic mass is 35.5. The molecule has 0 bridgehead atoms. The van der Waals surface area contributed by atoms with E-state index in [1.165, 1.54) is 29.2 Å². The summed E-state index contributed by atoms with van der Waals surface area (Å²) in [6.45, 7) is 5.17. The van der Waals surface area contributed by atoms with E-state index in [9.17, 15) is 18.0 Å². The van der Waals surface area contributed by atoms with E-state index in [0.29, 0.717) is 6.42 Å². The number of nitrogens with one attached hydrogen (secondary N) is 1. The number of halogens is 2. The Balaban J connectivity index is 1.82. The van der Waals surface area contributed by atoms with E-state index in [-0.39, 0.29) is 45.5 Å². The van der Waals surface area contributed by atoms with Crippen molar-refractivity contribution in [2.75, 3.05) is 10.8 Å². The zero-order chi connectivity index (χ0) is 32.6. The lowest BCUT2D eigenvalue weighted by Gasteiger charge is -2.34. The Morgan fingerprint density at radius 3 is 2.04 bits per heavy atom. The van der Waals surface area contributed by atoms with Gasteiger partial charge in [-0.2, -0.15) is 0 Å². The summed E-state index contributed by atoms with van der Waals surface area (Å²) in [5.41, 5.74) is 2.58. The van der Waals surface area contributed by atoms with Gasteiger partial charge in [0, 0.05) is 24.0 Å². The monoisotopic (exact) mass is 665 g/mol. The van der Waals surface area contributed by atoms with Crippen molar-refractivity contribution in [1.29, 1.82) is 0 Å². The summed E-state index contributed by atoms with van der Waals surface area (Å²) in [6, 6.07) is 28.4. The molecule has 7 nitrogen and oxygen atoms in total. The molecule has 0 saturated carbocycles. The number of rotatable bonds is 13. The Hall–Kier alpha value is -3.85. The van der Waals surface area contributed by atoms with Crippen molar-refractivity contribution in [1.82, 2.24) is 10.2 Å². The van der Waals surface area contributed by atoms with Crippen LogP contribution in [0.4, 0.5) is 5.69 Å². The maximum absolute atomic E-state index is 14.5. The van der Waals surface area contributed by atoms with E-state index in [0.717, 1.165) is 21.0 Å². The minimum absolute atomic E-state index is 0.0121. The van der Waals surface area contributed by atoms with E-state index >= 15 is 0 Å². The van der Waals surface area contributed by atoms with Gasteiger partial charge in [0.1, 0.15) is 12.6 Å². The van der Waals surface area contributed by atoms with Crippen molar-refractivity contribution in [3.8, 4) is 0 Å². The molecule has 0 aliphatic rings. The van der Waals surface area contributed by atoms with Gasteiger partial charge in [0.25, 0.3) is 10.0 Å². The van der Waals surface area contributed by atoms with Crippen LogP contribution in [0.5, 0.6) is 0 Å². The summed E-state index contributed by atoms with van der Waals surface area (Å²) in [5.74, 6) is -0.906. The van der Waals surface area contributed by atoms with Crippen LogP contribution in [0.1, 0.15) is 37.0 Å². The van der Waals surface area contributed by atoms with Gasteiger partial charge in [-0.3, -0.25) is 13.9 Å². The van der Waals surface area contributed by atoms with Crippen LogP contribution in [0, 0.1) is 6.92 Å². The molecular formula is C35H37Cl2N3O4S. The second-order valence-electron chi connectivity index (χ2n) is 11.0. The van der Waals surface area contributed by atoms with Gasteiger partial charge in [-0.15, -0.1) is 0 Å². The number of anilines is 1. The summed E-state index contributed by atoms with van der Waals surface area (Å²) in [4.78, 5) is 29.8. The van der Waals surface area contributed by atoms with Gasteiger partial charge in [-0.05, 0) is 61.7 Å². The summed E-state index contributed by atoms with van der Waals surface area (Å²) < 4.78 is 29.3. The first-order valence-electron chi connectivity index (χ1n) is 14.7. The molecule has 4 rings (SSSR count). The van der Waals surface area contributed by atoms with Gasteiger partial charge in [0.05, 0.1) is 15.6 Å². The average molecular weight is 667 g/mol. The lowest BCUT2D eigenvalue weighted by atomic mass is 10.0. The van der Waals surface area contributed by atoms with Gasteiger partial charge in [-0.25, -0.2) is 8.42 Å². The molecule has 0 unspecified atom stereocenters. The summed E-state index contributed by atoms with van der Waals surface area (Å²) in [6.07, 6.45) is 0.927. The number of carbonyl (C=O) groups is 2. The maximum Gasteiger partial charge on any atom is 0.264 e. The third-order valence-electron chi connectivity index (χ3n) is 7.53. The van der Waals surface area contributed by atoms with Crippen LogP contribution in [-0.4, -0.2) is 43.8 Å². The standard InChI is InChI=1S/C35H37Cl2N3O4S/c1-4-26(3)38-35(42)33(21-27-11-7-5-8-12-27)39(23-28-13-9-6-10-14-28)34(41)24-40(32-22-29(36)17-20-31(32)37)45(43,44)30-18-15-25(2)16-19-30/h5-20,22,26,33H,4,21,23-24H2,1-3H3,(H,38,42)/t26-,33+/m1/s1. The fourth-order valence-corrected chi connectivity index (χ4v) is 6.66. The highest BCUT2D eigenvalue weighted by molar-refractivity contribution is 7.92. The van der Waals surface area contributed by atoms with Crippen molar-refractivity contribution in [3.63, 3.8) is 0 Å². The molecule has 4 aromatic rings. The van der Waals surface area contributed by atoms with Crippen molar-refractivity contribution >= 4 is 50.7 Å². The molecule has 2 atom stereocenters. The smallest absolute Gasteiger partial charge is 0.264 e. The first-order chi connectivity index (χ1) is 21.5. The molecule has 0 saturated heterocycles. The van der Waals surface area contributed by atoms with Crippen molar-refractivity contribution in [3.05, 3.63) is 130 Å². The number of nitrogens with zero attached hydrogens (tertiary/aromatic N) is 2. The number of carbonyl (C=O) groups excluding carboxylic acids is 2. The number of hydrogen-bond acceptors (Lipinski definition) is 4.